The minimum atomic E-state index is -2.53. The molecule has 1 aromatic heterocycles. The maximum absolute atomic E-state index is 14.2. The molecule has 41 heavy (non-hydrogen) atoms. The molecule has 1 fully saturated rings. The maximum Gasteiger partial charge on any atom is 0.262 e. The lowest BCUT2D eigenvalue weighted by molar-refractivity contribution is 0.00912. The third-order valence-corrected chi connectivity index (χ3v) is 7.47. The summed E-state index contributed by atoms with van der Waals surface area (Å²) in [5.74, 6) is -0.427. The van der Waals surface area contributed by atoms with Crippen LogP contribution < -0.4 is 21.6 Å². The molecule has 0 amide bonds. The molecule has 218 valence electrons. The zero-order chi connectivity index (χ0) is 30.1. The quantitative estimate of drug-likeness (QED) is 0.217. The van der Waals surface area contributed by atoms with Gasteiger partial charge in [0.25, 0.3) is 6.43 Å². The Balaban J connectivity index is 1.77. The number of alkyl halides is 2. The number of aromatic nitrogens is 1. The van der Waals surface area contributed by atoms with Crippen molar-refractivity contribution in [1.82, 2.24) is 21.0 Å². The van der Waals surface area contributed by atoms with Gasteiger partial charge in [-0.1, -0.05) is 45.0 Å². The molecule has 2 aromatic rings. The highest BCUT2D eigenvalue weighted by Crippen LogP contribution is 2.47. The molecule has 0 bridgehead atoms. The van der Waals surface area contributed by atoms with Crippen LogP contribution in [0.1, 0.15) is 53.0 Å². The number of anilines is 2. The molecule has 2 heterocycles. The summed E-state index contributed by atoms with van der Waals surface area (Å²) in [7, 11) is 0. The Labute approximate surface area is 243 Å². The van der Waals surface area contributed by atoms with Crippen molar-refractivity contribution in [2.45, 2.75) is 65.5 Å². The molecule has 2 aliphatic rings. The van der Waals surface area contributed by atoms with Crippen LogP contribution in [0.3, 0.4) is 0 Å². The van der Waals surface area contributed by atoms with Gasteiger partial charge in [-0.05, 0) is 61.5 Å². The van der Waals surface area contributed by atoms with E-state index >= 15 is 0 Å². The molecular formula is C30H35ClF3N7. The second-order valence-electron chi connectivity index (χ2n) is 11.6. The number of hydrazine groups is 2. The van der Waals surface area contributed by atoms with E-state index in [2.05, 4.69) is 60.0 Å². The summed E-state index contributed by atoms with van der Waals surface area (Å²) >= 11 is 6.68. The number of nitrogens with zero attached hydrogens (tertiary/aromatic N) is 3. The van der Waals surface area contributed by atoms with Crippen molar-refractivity contribution in [3.8, 4) is 6.07 Å². The van der Waals surface area contributed by atoms with E-state index in [0.29, 0.717) is 69.1 Å². The molecule has 11 heteroatoms. The number of benzene rings is 1. The number of halogens is 4. The highest BCUT2D eigenvalue weighted by molar-refractivity contribution is 6.35. The van der Waals surface area contributed by atoms with Gasteiger partial charge in [-0.2, -0.15) is 5.26 Å². The second kappa shape index (κ2) is 11.7. The van der Waals surface area contributed by atoms with Gasteiger partial charge in [0.1, 0.15) is 17.4 Å². The first-order valence-electron chi connectivity index (χ1n) is 13.3. The monoisotopic (exact) mass is 585 g/mol. The van der Waals surface area contributed by atoms with Crippen LogP contribution in [0.25, 0.3) is 10.9 Å². The molecule has 1 saturated carbocycles. The van der Waals surface area contributed by atoms with Gasteiger partial charge in [0.05, 0.1) is 33.5 Å². The molecule has 4 N–H and O–H groups in total. The van der Waals surface area contributed by atoms with E-state index < -0.39 is 23.8 Å². The molecule has 0 radical (unpaired) electrons. The fourth-order valence-corrected chi connectivity index (χ4v) is 4.78. The van der Waals surface area contributed by atoms with Crippen molar-refractivity contribution in [3.05, 3.63) is 76.5 Å². The predicted molar refractivity (Wildman–Crippen MR) is 159 cm³/mol. The third-order valence-electron chi connectivity index (χ3n) is 7.19. The number of hydrogen-bond donors (Lipinski definition) is 4. The minimum Gasteiger partial charge on any atom is -0.383 e. The van der Waals surface area contributed by atoms with E-state index in [-0.39, 0.29) is 5.41 Å². The third kappa shape index (κ3) is 6.47. The minimum absolute atomic E-state index is 0.0620. The lowest BCUT2D eigenvalue weighted by Gasteiger charge is -2.25. The average Bonchev–Trinajstić information content (AvgIpc) is 3.59. The summed E-state index contributed by atoms with van der Waals surface area (Å²) in [6, 6.07) is 5.05. The SMILES string of the molecule is C=C(/C(C)=C\C(F)=C/C)[C@H](Nc1cc(Cl)c2ncc(C#N)c(NCC(C)(C)C)c2c1)C1=CN(C2(C(F)F)CC2)NN1. The lowest BCUT2D eigenvalue weighted by Crippen LogP contribution is -2.48. The van der Waals surface area contributed by atoms with Gasteiger partial charge in [0.15, 0.2) is 0 Å². The van der Waals surface area contributed by atoms with Crippen LogP contribution in [0.15, 0.2) is 65.9 Å². The Bertz CT molecular complexity index is 1480. The van der Waals surface area contributed by atoms with Crippen molar-refractivity contribution in [2.24, 2.45) is 5.41 Å². The Kier molecular flexibility index (Phi) is 8.62. The lowest BCUT2D eigenvalue weighted by atomic mass is 9.96. The average molecular weight is 586 g/mol. The van der Waals surface area contributed by atoms with Crippen LogP contribution in [-0.4, -0.2) is 34.5 Å². The van der Waals surface area contributed by atoms with Crippen molar-refractivity contribution >= 4 is 33.9 Å². The van der Waals surface area contributed by atoms with E-state index in [1.807, 2.05) is 6.07 Å². The Morgan fingerprint density at radius 3 is 2.63 bits per heavy atom. The molecule has 1 aliphatic carbocycles. The van der Waals surface area contributed by atoms with Gasteiger partial charge >= 0.3 is 0 Å². The molecule has 1 aliphatic heterocycles. The van der Waals surface area contributed by atoms with E-state index in [0.717, 1.165) is 0 Å². The summed E-state index contributed by atoms with van der Waals surface area (Å²) in [4.78, 5) is 4.41. The van der Waals surface area contributed by atoms with Crippen LogP contribution in [-0.2, 0) is 0 Å². The fourth-order valence-electron chi connectivity index (χ4n) is 4.51. The first-order valence-corrected chi connectivity index (χ1v) is 13.7. The number of nitriles is 1. The van der Waals surface area contributed by atoms with Crippen LogP contribution in [0.2, 0.25) is 5.02 Å². The molecule has 0 unspecified atom stereocenters. The summed E-state index contributed by atoms with van der Waals surface area (Å²) in [6.45, 7) is 14.4. The summed E-state index contributed by atoms with van der Waals surface area (Å²) in [5, 5.41) is 19.0. The summed E-state index contributed by atoms with van der Waals surface area (Å²) < 4.78 is 41.8. The Hall–Kier alpha value is -3.68. The fraction of sp³-hybridized carbons (Fsp3) is 0.400. The zero-order valence-corrected chi connectivity index (χ0v) is 24.6. The van der Waals surface area contributed by atoms with E-state index in [1.165, 1.54) is 23.4 Å². The van der Waals surface area contributed by atoms with Crippen LogP contribution in [0, 0.1) is 16.7 Å². The maximum atomic E-state index is 14.2. The molecule has 7 nitrogen and oxygen atoms in total. The van der Waals surface area contributed by atoms with Gasteiger partial charge in [-0.25, -0.2) is 13.2 Å². The van der Waals surface area contributed by atoms with Gasteiger partial charge in [0.2, 0.25) is 0 Å². The number of hydrogen-bond acceptors (Lipinski definition) is 7. The van der Waals surface area contributed by atoms with E-state index in [1.54, 1.807) is 26.1 Å². The number of fused-ring (bicyclic) bond motifs is 1. The second-order valence-corrected chi connectivity index (χ2v) is 12.0. The van der Waals surface area contributed by atoms with Crippen molar-refractivity contribution in [2.75, 3.05) is 17.2 Å². The van der Waals surface area contributed by atoms with Crippen LogP contribution in [0.5, 0.6) is 0 Å². The highest BCUT2D eigenvalue weighted by atomic mass is 35.5. The van der Waals surface area contributed by atoms with Crippen molar-refractivity contribution < 1.29 is 13.2 Å². The molecule has 1 atom stereocenters. The smallest absolute Gasteiger partial charge is 0.262 e. The van der Waals surface area contributed by atoms with E-state index in [9.17, 15) is 18.4 Å². The number of nitrogens with one attached hydrogen (secondary N) is 4. The van der Waals surface area contributed by atoms with Gasteiger partial charge in [-0.3, -0.25) is 9.99 Å². The Morgan fingerprint density at radius 2 is 2.05 bits per heavy atom. The van der Waals surface area contributed by atoms with Gasteiger partial charge < -0.3 is 16.1 Å². The topological polar surface area (TPSA) is 88.0 Å². The standard InChI is InChI=1S/C30H35ClF3N7/c1-7-20(32)10-17(2)18(3)25(24-15-41(40-39-24)30(8-9-30)28(33)34)38-21-11-22-26(37-16-29(4,5)6)19(13-35)14-36-27(22)23(31)12-21/h7,10-12,14-15,25,28,38-40H,3,8-9,16H2,1-2,4-6H3,(H,36,37)/b17-10-,20-7+/t25-/m0/s1. The predicted octanol–water partition coefficient (Wildman–Crippen LogP) is 7.34. The molecule has 0 spiro atoms. The van der Waals surface area contributed by atoms with Gasteiger partial charge in [-0.15, -0.1) is 5.53 Å². The number of allylic oxidation sites excluding steroid dienone is 3. The Morgan fingerprint density at radius 1 is 1.34 bits per heavy atom. The van der Waals surface area contributed by atoms with E-state index in [4.69, 9.17) is 11.6 Å². The number of pyridine rings is 1. The molecular weight excluding hydrogens is 551 g/mol. The summed E-state index contributed by atoms with van der Waals surface area (Å²) in [5.41, 5.74) is 8.15. The highest BCUT2D eigenvalue weighted by Gasteiger charge is 2.56. The van der Waals surface area contributed by atoms with Gasteiger partial charge in [0, 0.05) is 30.0 Å². The molecule has 0 saturated heterocycles. The van der Waals surface area contributed by atoms with Crippen molar-refractivity contribution in [1.29, 1.82) is 5.26 Å². The largest absolute Gasteiger partial charge is 0.383 e. The van der Waals surface area contributed by atoms with Crippen molar-refractivity contribution in [3.63, 3.8) is 0 Å². The van der Waals surface area contributed by atoms with Crippen LogP contribution in [0.4, 0.5) is 24.5 Å². The van der Waals surface area contributed by atoms with Crippen LogP contribution >= 0.6 is 11.6 Å². The number of rotatable bonds is 10. The summed E-state index contributed by atoms with van der Waals surface area (Å²) in [6.07, 6.45) is 3.96. The normalized spacial score (nSPS) is 17.7. The first-order chi connectivity index (χ1) is 19.3. The molecule has 4 rings (SSSR count). The molecule has 1 aromatic carbocycles. The zero-order valence-electron chi connectivity index (χ0n) is 23.8. The first kappa shape index (κ1) is 30.3.